The van der Waals surface area contributed by atoms with Gasteiger partial charge in [0.15, 0.2) is 0 Å². The first-order valence-corrected chi connectivity index (χ1v) is 6.02. The third-order valence-corrected chi connectivity index (χ3v) is 2.75. The first-order chi connectivity index (χ1) is 8.15. The number of nitrogens with zero attached hydrogens (tertiary/aromatic N) is 1. The van der Waals surface area contributed by atoms with E-state index < -0.39 is 6.10 Å². The second-order valence-corrected chi connectivity index (χ2v) is 4.58. The van der Waals surface area contributed by atoms with Crippen LogP contribution in [0.5, 0.6) is 11.6 Å². The van der Waals surface area contributed by atoms with E-state index in [1.54, 1.807) is 25.3 Å². The van der Waals surface area contributed by atoms with Crippen molar-refractivity contribution in [2.75, 3.05) is 0 Å². The molecule has 88 valence electrons. The van der Waals surface area contributed by atoms with E-state index in [0.717, 1.165) is 10.0 Å². The number of aromatic nitrogens is 1. The number of rotatable bonds is 3. The summed E-state index contributed by atoms with van der Waals surface area (Å²) in [6.45, 7) is 1.71. The average molecular weight is 294 g/mol. The van der Waals surface area contributed by atoms with Gasteiger partial charge in [-0.1, -0.05) is 22.0 Å². The largest absolute Gasteiger partial charge is 0.439 e. The Labute approximate surface area is 108 Å². The van der Waals surface area contributed by atoms with Gasteiger partial charge < -0.3 is 9.84 Å². The minimum atomic E-state index is -0.525. The van der Waals surface area contributed by atoms with Crippen molar-refractivity contribution in [1.82, 2.24) is 4.98 Å². The first-order valence-electron chi connectivity index (χ1n) is 5.22. The van der Waals surface area contributed by atoms with Crippen LogP contribution in [0.25, 0.3) is 0 Å². The van der Waals surface area contributed by atoms with Crippen LogP contribution >= 0.6 is 15.9 Å². The Morgan fingerprint density at radius 1 is 1.29 bits per heavy atom. The summed E-state index contributed by atoms with van der Waals surface area (Å²) in [5.74, 6) is 1.18. The Hall–Kier alpha value is -1.39. The lowest BCUT2D eigenvalue weighted by Gasteiger charge is -2.08. The van der Waals surface area contributed by atoms with Crippen LogP contribution in [-0.2, 0) is 0 Å². The standard InChI is InChI=1S/C13H12BrNO2/c1-9(16)10-5-6-15-13(7-10)17-12-4-2-3-11(14)8-12/h2-9,16H,1H3/t9-/m0/s1. The van der Waals surface area contributed by atoms with Gasteiger partial charge in [-0.05, 0) is 36.8 Å². The van der Waals surface area contributed by atoms with Crippen molar-refractivity contribution in [1.29, 1.82) is 0 Å². The van der Waals surface area contributed by atoms with Gasteiger partial charge in [0.25, 0.3) is 0 Å². The molecule has 4 heteroatoms. The molecule has 1 aromatic heterocycles. The third-order valence-electron chi connectivity index (χ3n) is 2.26. The summed E-state index contributed by atoms with van der Waals surface area (Å²) < 4.78 is 6.54. The molecule has 0 fully saturated rings. The van der Waals surface area contributed by atoms with Crippen LogP contribution in [0, 0.1) is 0 Å². The van der Waals surface area contributed by atoms with Crippen LogP contribution in [0.15, 0.2) is 47.1 Å². The molecule has 2 rings (SSSR count). The van der Waals surface area contributed by atoms with Crippen LogP contribution in [-0.4, -0.2) is 10.1 Å². The summed E-state index contributed by atoms with van der Waals surface area (Å²) in [6, 6.07) is 11.0. The summed E-state index contributed by atoms with van der Waals surface area (Å²) in [7, 11) is 0. The minimum absolute atomic E-state index is 0.474. The van der Waals surface area contributed by atoms with Crippen molar-refractivity contribution in [3.05, 3.63) is 52.6 Å². The molecular weight excluding hydrogens is 282 g/mol. The van der Waals surface area contributed by atoms with Crippen LogP contribution in [0.1, 0.15) is 18.6 Å². The molecule has 0 unspecified atom stereocenters. The Kier molecular flexibility index (Phi) is 3.76. The van der Waals surface area contributed by atoms with Gasteiger partial charge in [-0.25, -0.2) is 4.98 Å². The molecule has 2 aromatic rings. The van der Waals surface area contributed by atoms with E-state index >= 15 is 0 Å². The van der Waals surface area contributed by atoms with Gasteiger partial charge in [0, 0.05) is 16.7 Å². The lowest BCUT2D eigenvalue weighted by Crippen LogP contribution is -1.94. The van der Waals surface area contributed by atoms with Gasteiger partial charge in [-0.2, -0.15) is 0 Å². The molecule has 1 aromatic carbocycles. The Morgan fingerprint density at radius 2 is 2.12 bits per heavy atom. The van der Waals surface area contributed by atoms with E-state index in [4.69, 9.17) is 4.74 Å². The number of hydrogen-bond donors (Lipinski definition) is 1. The minimum Gasteiger partial charge on any atom is -0.439 e. The molecule has 1 N–H and O–H groups in total. The maximum atomic E-state index is 9.47. The fourth-order valence-electron chi connectivity index (χ4n) is 1.39. The molecule has 17 heavy (non-hydrogen) atoms. The van der Waals surface area contributed by atoms with Crippen molar-refractivity contribution in [3.8, 4) is 11.6 Å². The molecule has 0 radical (unpaired) electrons. The van der Waals surface area contributed by atoms with Crippen molar-refractivity contribution in [3.63, 3.8) is 0 Å². The molecule has 0 saturated carbocycles. The molecule has 0 aliphatic heterocycles. The smallest absolute Gasteiger partial charge is 0.219 e. The number of benzene rings is 1. The highest BCUT2D eigenvalue weighted by molar-refractivity contribution is 9.10. The Bertz CT molecular complexity index is 514. The first kappa shape index (κ1) is 12.1. The summed E-state index contributed by atoms with van der Waals surface area (Å²) in [5.41, 5.74) is 0.782. The second kappa shape index (κ2) is 5.29. The van der Waals surface area contributed by atoms with Crippen molar-refractivity contribution >= 4 is 15.9 Å². The predicted octanol–water partition coefficient (Wildman–Crippen LogP) is 3.69. The van der Waals surface area contributed by atoms with Gasteiger partial charge in [-0.15, -0.1) is 0 Å². The molecule has 1 heterocycles. The summed E-state index contributed by atoms with van der Waals surface area (Å²) in [5, 5.41) is 9.47. The van der Waals surface area contributed by atoms with Crippen LogP contribution in [0.4, 0.5) is 0 Å². The summed E-state index contributed by atoms with van der Waals surface area (Å²) in [4.78, 5) is 4.10. The highest BCUT2D eigenvalue weighted by Gasteiger charge is 2.04. The fourth-order valence-corrected chi connectivity index (χ4v) is 1.77. The predicted molar refractivity (Wildman–Crippen MR) is 69.1 cm³/mol. The van der Waals surface area contributed by atoms with Crippen LogP contribution in [0.3, 0.4) is 0 Å². The van der Waals surface area contributed by atoms with E-state index in [-0.39, 0.29) is 0 Å². The van der Waals surface area contributed by atoms with E-state index in [2.05, 4.69) is 20.9 Å². The monoisotopic (exact) mass is 293 g/mol. The highest BCUT2D eigenvalue weighted by atomic mass is 79.9. The molecule has 0 bridgehead atoms. The number of hydrogen-bond acceptors (Lipinski definition) is 3. The SMILES string of the molecule is C[C@H](O)c1ccnc(Oc2cccc(Br)c2)c1. The van der Waals surface area contributed by atoms with Crippen LogP contribution < -0.4 is 4.74 Å². The number of aliphatic hydroxyl groups is 1. The lowest BCUT2D eigenvalue weighted by molar-refractivity contribution is 0.198. The topological polar surface area (TPSA) is 42.4 Å². The van der Waals surface area contributed by atoms with Crippen molar-refractivity contribution in [2.45, 2.75) is 13.0 Å². The molecule has 3 nitrogen and oxygen atoms in total. The highest BCUT2D eigenvalue weighted by Crippen LogP contribution is 2.24. The molecule has 0 aliphatic carbocycles. The lowest BCUT2D eigenvalue weighted by atomic mass is 10.2. The molecule has 0 spiro atoms. The Morgan fingerprint density at radius 3 is 2.82 bits per heavy atom. The summed E-state index contributed by atoms with van der Waals surface area (Å²) >= 11 is 3.37. The van der Waals surface area contributed by atoms with Gasteiger partial charge in [-0.3, -0.25) is 0 Å². The van der Waals surface area contributed by atoms with E-state index in [9.17, 15) is 5.11 Å². The zero-order valence-electron chi connectivity index (χ0n) is 9.30. The van der Waals surface area contributed by atoms with Crippen molar-refractivity contribution in [2.24, 2.45) is 0 Å². The summed E-state index contributed by atoms with van der Waals surface area (Å²) in [6.07, 6.45) is 1.10. The average Bonchev–Trinajstić information content (AvgIpc) is 2.29. The van der Waals surface area contributed by atoms with Gasteiger partial charge >= 0.3 is 0 Å². The molecule has 1 atom stereocenters. The zero-order valence-corrected chi connectivity index (χ0v) is 10.9. The molecule has 0 saturated heterocycles. The third kappa shape index (κ3) is 3.28. The molecule has 0 amide bonds. The van der Waals surface area contributed by atoms with E-state index in [1.165, 1.54) is 0 Å². The number of aliphatic hydroxyl groups excluding tert-OH is 1. The number of pyridine rings is 1. The zero-order chi connectivity index (χ0) is 12.3. The maximum absolute atomic E-state index is 9.47. The van der Waals surface area contributed by atoms with Crippen LogP contribution in [0.2, 0.25) is 0 Å². The van der Waals surface area contributed by atoms with E-state index in [0.29, 0.717) is 11.6 Å². The van der Waals surface area contributed by atoms with E-state index in [1.807, 2.05) is 24.3 Å². The van der Waals surface area contributed by atoms with Gasteiger partial charge in [0.05, 0.1) is 6.10 Å². The fraction of sp³-hybridized carbons (Fsp3) is 0.154. The quantitative estimate of drug-likeness (QED) is 0.938. The van der Waals surface area contributed by atoms with Gasteiger partial charge in [0.2, 0.25) is 5.88 Å². The molecular formula is C13H12BrNO2. The Balaban J connectivity index is 2.21. The second-order valence-electron chi connectivity index (χ2n) is 3.66. The van der Waals surface area contributed by atoms with Gasteiger partial charge in [0.1, 0.15) is 5.75 Å². The maximum Gasteiger partial charge on any atom is 0.219 e. The molecule has 0 aliphatic rings. The number of ether oxygens (including phenoxy) is 1. The van der Waals surface area contributed by atoms with Crippen molar-refractivity contribution < 1.29 is 9.84 Å². The number of halogens is 1. The normalized spacial score (nSPS) is 12.2.